The molecule has 0 fully saturated rings. The predicted molar refractivity (Wildman–Crippen MR) is 81.4 cm³/mol. The van der Waals surface area contributed by atoms with Crippen LogP contribution in [0.5, 0.6) is 0 Å². The monoisotopic (exact) mass is 304 g/mol. The van der Waals surface area contributed by atoms with Crippen molar-refractivity contribution in [1.82, 2.24) is 19.5 Å². The van der Waals surface area contributed by atoms with E-state index >= 15 is 0 Å². The minimum Gasteiger partial charge on any atom is -0.319 e. The van der Waals surface area contributed by atoms with E-state index < -0.39 is 0 Å². The molecule has 112 valence electrons. The highest BCUT2D eigenvalue weighted by molar-refractivity contribution is 6.27. The van der Waals surface area contributed by atoms with E-state index in [-0.39, 0.29) is 17.3 Å². The lowest BCUT2D eigenvalue weighted by molar-refractivity contribution is 0.0971. The van der Waals surface area contributed by atoms with E-state index in [4.69, 9.17) is 0 Å². The van der Waals surface area contributed by atoms with Gasteiger partial charge < -0.3 is 4.57 Å². The van der Waals surface area contributed by atoms with Crippen molar-refractivity contribution in [3.05, 3.63) is 76.9 Å². The fourth-order valence-electron chi connectivity index (χ4n) is 2.85. The Morgan fingerprint density at radius 1 is 1.04 bits per heavy atom. The topological polar surface area (TPSA) is 77.7 Å². The highest BCUT2D eigenvalue weighted by Crippen LogP contribution is 2.28. The van der Waals surface area contributed by atoms with E-state index in [9.17, 15) is 9.59 Å². The summed E-state index contributed by atoms with van der Waals surface area (Å²) in [6.45, 7) is 2.13. The molecule has 1 aliphatic rings. The van der Waals surface area contributed by atoms with E-state index in [0.29, 0.717) is 34.9 Å². The third kappa shape index (κ3) is 1.99. The zero-order chi connectivity index (χ0) is 16.0. The third-order valence-corrected chi connectivity index (χ3v) is 3.94. The average Bonchev–Trinajstić information content (AvgIpc) is 2.91. The Morgan fingerprint density at radius 3 is 2.48 bits per heavy atom. The number of ketones is 2. The predicted octanol–water partition coefficient (Wildman–Crippen LogP) is 1.81. The van der Waals surface area contributed by atoms with E-state index in [2.05, 4.69) is 15.0 Å². The van der Waals surface area contributed by atoms with Crippen LogP contribution in [0.2, 0.25) is 0 Å². The molecule has 0 radical (unpaired) electrons. The van der Waals surface area contributed by atoms with Crippen LogP contribution < -0.4 is 0 Å². The maximum Gasteiger partial charge on any atom is 0.214 e. The summed E-state index contributed by atoms with van der Waals surface area (Å²) in [5.74, 6) is 0.214. The molecule has 0 N–H and O–H groups in total. The van der Waals surface area contributed by atoms with Crippen LogP contribution in [0, 0.1) is 6.92 Å². The van der Waals surface area contributed by atoms with Crippen molar-refractivity contribution in [1.29, 1.82) is 0 Å². The first-order valence-electron chi connectivity index (χ1n) is 7.17. The summed E-state index contributed by atoms with van der Waals surface area (Å²) in [6, 6.07) is 6.84. The molecule has 0 saturated carbocycles. The Kier molecular flexibility index (Phi) is 2.90. The van der Waals surface area contributed by atoms with Crippen LogP contribution in [0.25, 0.3) is 0 Å². The molecule has 0 amide bonds. The summed E-state index contributed by atoms with van der Waals surface area (Å²) < 4.78 is 1.73. The van der Waals surface area contributed by atoms with Gasteiger partial charge in [0.05, 0.1) is 18.4 Å². The minimum absolute atomic E-state index is 0.181. The molecular formula is C17H12N4O2. The van der Waals surface area contributed by atoms with Crippen molar-refractivity contribution < 1.29 is 9.59 Å². The largest absolute Gasteiger partial charge is 0.319 e. The van der Waals surface area contributed by atoms with Crippen molar-refractivity contribution in [3.63, 3.8) is 0 Å². The van der Waals surface area contributed by atoms with Crippen LogP contribution >= 0.6 is 0 Å². The molecule has 0 aliphatic heterocycles. The number of benzene rings is 1. The smallest absolute Gasteiger partial charge is 0.214 e. The van der Waals surface area contributed by atoms with Crippen molar-refractivity contribution in [2.75, 3.05) is 0 Å². The van der Waals surface area contributed by atoms with Gasteiger partial charge >= 0.3 is 0 Å². The van der Waals surface area contributed by atoms with Gasteiger partial charge in [0.2, 0.25) is 11.6 Å². The lowest BCUT2D eigenvalue weighted by Crippen LogP contribution is -2.23. The Labute approximate surface area is 131 Å². The standard InChI is InChI=1S/C17H12N4O2/c1-10-20-14-15(21(10)9-11-8-18-6-7-19-11)17(23)13-5-3-2-4-12(13)16(14)22/h2-8H,9H2,1H3. The van der Waals surface area contributed by atoms with E-state index in [0.717, 1.165) is 0 Å². The molecule has 6 heteroatoms. The Hall–Kier alpha value is -3.15. The Bertz CT molecular complexity index is 944. The molecule has 0 unspecified atom stereocenters. The number of aryl methyl sites for hydroxylation is 1. The second kappa shape index (κ2) is 4.95. The van der Waals surface area contributed by atoms with Gasteiger partial charge in [0.15, 0.2) is 0 Å². The normalized spacial score (nSPS) is 12.9. The molecule has 0 bridgehead atoms. The quantitative estimate of drug-likeness (QED) is 0.564. The maximum atomic E-state index is 12.8. The van der Waals surface area contributed by atoms with Gasteiger partial charge in [-0.1, -0.05) is 24.3 Å². The summed E-state index contributed by atoms with van der Waals surface area (Å²) in [5, 5.41) is 0. The molecule has 3 aromatic rings. The Balaban J connectivity index is 1.88. The molecule has 6 nitrogen and oxygen atoms in total. The highest BCUT2D eigenvalue weighted by atomic mass is 16.1. The van der Waals surface area contributed by atoms with E-state index in [1.165, 1.54) is 0 Å². The summed E-state index contributed by atoms with van der Waals surface area (Å²) in [4.78, 5) is 38.0. The van der Waals surface area contributed by atoms with Gasteiger partial charge in [-0.25, -0.2) is 4.98 Å². The van der Waals surface area contributed by atoms with Crippen LogP contribution in [-0.4, -0.2) is 31.1 Å². The fourth-order valence-corrected chi connectivity index (χ4v) is 2.85. The Morgan fingerprint density at radius 2 is 1.78 bits per heavy atom. The SMILES string of the molecule is Cc1nc2c(n1Cc1cnccn1)C(=O)c1ccccc1C2=O. The first-order valence-corrected chi connectivity index (χ1v) is 7.17. The summed E-state index contributed by atoms with van der Waals surface area (Å²) in [7, 11) is 0. The number of hydrogen-bond acceptors (Lipinski definition) is 5. The van der Waals surface area contributed by atoms with Gasteiger partial charge in [-0.3, -0.25) is 19.6 Å². The molecule has 0 spiro atoms. The number of aromatic nitrogens is 4. The molecule has 2 heterocycles. The first-order chi connectivity index (χ1) is 11.2. The van der Waals surface area contributed by atoms with Gasteiger partial charge in [0, 0.05) is 23.5 Å². The second-order valence-corrected chi connectivity index (χ2v) is 5.34. The van der Waals surface area contributed by atoms with Gasteiger partial charge in [-0.05, 0) is 6.92 Å². The number of carbonyl (C=O) groups is 2. The van der Waals surface area contributed by atoms with Gasteiger partial charge in [-0.2, -0.15) is 0 Å². The molecule has 0 saturated heterocycles. The molecule has 4 rings (SSSR count). The van der Waals surface area contributed by atoms with Crippen molar-refractivity contribution >= 4 is 11.6 Å². The van der Waals surface area contributed by atoms with Gasteiger partial charge in [0.25, 0.3) is 0 Å². The number of carbonyl (C=O) groups excluding carboxylic acids is 2. The zero-order valence-electron chi connectivity index (χ0n) is 12.4. The molecule has 2 aromatic heterocycles. The third-order valence-electron chi connectivity index (χ3n) is 3.94. The zero-order valence-corrected chi connectivity index (χ0v) is 12.4. The van der Waals surface area contributed by atoms with Crippen LogP contribution in [0.3, 0.4) is 0 Å². The lowest BCUT2D eigenvalue weighted by Gasteiger charge is -2.15. The molecule has 0 atom stereocenters. The van der Waals surface area contributed by atoms with Crippen LogP contribution in [-0.2, 0) is 6.54 Å². The van der Waals surface area contributed by atoms with E-state index in [1.807, 2.05) is 0 Å². The van der Waals surface area contributed by atoms with Crippen molar-refractivity contribution in [2.45, 2.75) is 13.5 Å². The number of rotatable bonds is 2. The summed E-state index contributed by atoms with van der Waals surface area (Å²) in [5.41, 5.74) is 2.08. The fraction of sp³-hybridized carbons (Fsp3) is 0.118. The highest BCUT2D eigenvalue weighted by Gasteiger charge is 2.34. The second-order valence-electron chi connectivity index (χ2n) is 5.34. The van der Waals surface area contributed by atoms with Crippen LogP contribution in [0.4, 0.5) is 0 Å². The van der Waals surface area contributed by atoms with Crippen LogP contribution in [0.15, 0.2) is 42.9 Å². The number of nitrogens with zero attached hydrogens (tertiary/aromatic N) is 4. The molecule has 23 heavy (non-hydrogen) atoms. The first kappa shape index (κ1) is 13.5. The molecular weight excluding hydrogens is 292 g/mol. The number of imidazole rings is 1. The summed E-state index contributed by atoms with van der Waals surface area (Å²) in [6.07, 6.45) is 4.82. The summed E-state index contributed by atoms with van der Waals surface area (Å²) >= 11 is 0. The van der Waals surface area contributed by atoms with Crippen LogP contribution in [0.1, 0.15) is 43.6 Å². The number of fused-ring (bicyclic) bond motifs is 2. The molecule has 1 aliphatic carbocycles. The average molecular weight is 304 g/mol. The molecule has 1 aromatic carbocycles. The minimum atomic E-state index is -0.212. The lowest BCUT2D eigenvalue weighted by atomic mass is 9.90. The van der Waals surface area contributed by atoms with Gasteiger partial charge in [-0.15, -0.1) is 0 Å². The van der Waals surface area contributed by atoms with E-state index in [1.54, 1.807) is 54.3 Å². The maximum absolute atomic E-state index is 12.8. The van der Waals surface area contributed by atoms with Crippen molar-refractivity contribution in [3.8, 4) is 0 Å². The van der Waals surface area contributed by atoms with Gasteiger partial charge in [0.1, 0.15) is 17.2 Å². The van der Waals surface area contributed by atoms with Crippen molar-refractivity contribution in [2.24, 2.45) is 0 Å². The number of hydrogen-bond donors (Lipinski definition) is 0.